The first-order valence-electron chi connectivity index (χ1n) is 2.96. The van der Waals surface area contributed by atoms with E-state index in [1.807, 2.05) is 0 Å². The molecule has 50 valence electrons. The molecule has 0 saturated heterocycles. The molecule has 0 aromatic rings. The van der Waals surface area contributed by atoms with Crippen LogP contribution in [0.25, 0.3) is 0 Å². The third kappa shape index (κ3) is 3.90. The zero-order valence-electron chi connectivity index (χ0n) is 5.32. The highest BCUT2D eigenvalue weighted by atomic mass is 79.9. The van der Waals surface area contributed by atoms with Crippen molar-refractivity contribution in [1.82, 2.24) is 0 Å². The zero-order valence-corrected chi connectivity index (χ0v) is 8.50. The predicted molar refractivity (Wildman–Crippen MR) is 46.0 cm³/mol. The first kappa shape index (κ1) is 8.96. The van der Waals surface area contributed by atoms with Gasteiger partial charge in [-0.05, 0) is 6.42 Å². The summed E-state index contributed by atoms with van der Waals surface area (Å²) >= 11 is 7.05. The fraction of sp³-hybridized carbons (Fsp3) is 1.00. The van der Waals surface area contributed by atoms with Crippen LogP contribution in [0.1, 0.15) is 26.7 Å². The molecule has 0 aliphatic rings. The molecule has 0 heterocycles. The molecular weight excluding hydrogens is 232 g/mol. The van der Waals surface area contributed by atoms with Gasteiger partial charge in [0.2, 0.25) is 0 Å². The summed E-state index contributed by atoms with van der Waals surface area (Å²) in [6, 6.07) is 0. The minimum Gasteiger partial charge on any atom is -0.0882 e. The summed E-state index contributed by atoms with van der Waals surface area (Å²) in [5.74, 6) is 0. The van der Waals surface area contributed by atoms with Crippen LogP contribution in [-0.2, 0) is 0 Å². The van der Waals surface area contributed by atoms with Crippen molar-refractivity contribution in [3.05, 3.63) is 0 Å². The Morgan fingerprint density at radius 2 is 1.88 bits per heavy atom. The lowest BCUT2D eigenvalue weighted by Crippen LogP contribution is -2.08. The van der Waals surface area contributed by atoms with Gasteiger partial charge in [-0.15, -0.1) is 0 Å². The predicted octanol–water partition coefficient (Wildman–Crippen LogP) is 3.33. The maximum absolute atomic E-state index is 3.56. The highest BCUT2D eigenvalue weighted by Gasteiger charge is 2.07. The van der Waals surface area contributed by atoms with E-state index < -0.39 is 0 Å². The standard InChI is InChI=1S/C6H12Br2/c1-3-4-6(8)5(2)7/h5-6H,3-4H2,1-2H3/t5-,6-/m1/s1. The van der Waals surface area contributed by atoms with Crippen molar-refractivity contribution < 1.29 is 0 Å². The van der Waals surface area contributed by atoms with E-state index in [9.17, 15) is 0 Å². The van der Waals surface area contributed by atoms with Gasteiger partial charge in [-0.2, -0.15) is 0 Å². The largest absolute Gasteiger partial charge is 0.0882 e. The summed E-state index contributed by atoms with van der Waals surface area (Å²) in [5, 5.41) is 0. The molecule has 0 saturated carbocycles. The maximum atomic E-state index is 3.56. The highest BCUT2D eigenvalue weighted by Crippen LogP contribution is 2.17. The van der Waals surface area contributed by atoms with Crippen molar-refractivity contribution in [2.75, 3.05) is 0 Å². The van der Waals surface area contributed by atoms with Crippen molar-refractivity contribution in [3.63, 3.8) is 0 Å². The Hall–Kier alpha value is 0.960. The lowest BCUT2D eigenvalue weighted by molar-refractivity contribution is 0.746. The van der Waals surface area contributed by atoms with Crippen molar-refractivity contribution in [1.29, 1.82) is 0 Å². The Kier molecular flexibility index (Phi) is 5.38. The third-order valence-corrected chi connectivity index (χ3v) is 3.66. The monoisotopic (exact) mass is 242 g/mol. The van der Waals surface area contributed by atoms with Crippen molar-refractivity contribution in [2.24, 2.45) is 0 Å². The van der Waals surface area contributed by atoms with Crippen molar-refractivity contribution in [2.45, 2.75) is 36.3 Å². The van der Waals surface area contributed by atoms with E-state index in [1.54, 1.807) is 0 Å². The molecule has 0 nitrogen and oxygen atoms in total. The van der Waals surface area contributed by atoms with E-state index in [1.165, 1.54) is 12.8 Å². The van der Waals surface area contributed by atoms with E-state index in [-0.39, 0.29) is 0 Å². The van der Waals surface area contributed by atoms with Crippen LogP contribution >= 0.6 is 31.9 Å². The number of hydrogen-bond acceptors (Lipinski definition) is 0. The van der Waals surface area contributed by atoms with Crippen LogP contribution in [0, 0.1) is 0 Å². The smallest absolute Gasteiger partial charge is 0.0268 e. The zero-order chi connectivity index (χ0) is 6.57. The molecule has 0 N–H and O–H groups in total. The molecule has 0 spiro atoms. The molecule has 2 heteroatoms. The lowest BCUT2D eigenvalue weighted by Gasteiger charge is -2.08. The van der Waals surface area contributed by atoms with Crippen molar-refractivity contribution >= 4 is 31.9 Å². The van der Waals surface area contributed by atoms with Gasteiger partial charge in [0.05, 0.1) is 0 Å². The molecule has 0 fully saturated rings. The van der Waals surface area contributed by atoms with E-state index in [4.69, 9.17) is 0 Å². The average molecular weight is 244 g/mol. The van der Waals surface area contributed by atoms with Crippen molar-refractivity contribution in [3.8, 4) is 0 Å². The van der Waals surface area contributed by atoms with Gasteiger partial charge in [-0.3, -0.25) is 0 Å². The molecule has 0 radical (unpaired) electrons. The van der Waals surface area contributed by atoms with E-state index in [0.717, 1.165) is 0 Å². The normalized spacial score (nSPS) is 18.0. The van der Waals surface area contributed by atoms with Crippen LogP contribution < -0.4 is 0 Å². The summed E-state index contributed by atoms with van der Waals surface area (Å²) in [6.45, 7) is 4.36. The van der Waals surface area contributed by atoms with Gasteiger partial charge >= 0.3 is 0 Å². The van der Waals surface area contributed by atoms with Gasteiger partial charge in [0, 0.05) is 9.65 Å². The Labute approximate surface area is 68.3 Å². The lowest BCUT2D eigenvalue weighted by atomic mass is 10.2. The molecule has 0 rings (SSSR count). The second-order valence-corrected chi connectivity index (χ2v) is 4.60. The van der Waals surface area contributed by atoms with Crippen LogP contribution in [0.15, 0.2) is 0 Å². The molecule has 0 aliphatic carbocycles. The summed E-state index contributed by atoms with van der Waals surface area (Å²) in [5.41, 5.74) is 0. The summed E-state index contributed by atoms with van der Waals surface area (Å²) in [7, 11) is 0. The van der Waals surface area contributed by atoms with E-state index in [2.05, 4.69) is 45.7 Å². The minimum absolute atomic E-state index is 0.599. The quantitative estimate of drug-likeness (QED) is 0.668. The van der Waals surface area contributed by atoms with Gasteiger partial charge in [0.15, 0.2) is 0 Å². The molecule has 0 aromatic heterocycles. The SMILES string of the molecule is CCC[C@@H](Br)[C@@H](C)Br. The van der Waals surface area contributed by atoms with Crippen LogP contribution in [0.2, 0.25) is 0 Å². The molecule has 2 atom stereocenters. The van der Waals surface area contributed by atoms with Gasteiger partial charge in [0.1, 0.15) is 0 Å². The van der Waals surface area contributed by atoms with Crippen LogP contribution in [0.3, 0.4) is 0 Å². The number of halogens is 2. The maximum Gasteiger partial charge on any atom is 0.0268 e. The number of rotatable bonds is 3. The number of hydrogen-bond donors (Lipinski definition) is 0. The second-order valence-electron chi connectivity index (χ2n) is 1.98. The molecule has 8 heavy (non-hydrogen) atoms. The van der Waals surface area contributed by atoms with Crippen LogP contribution in [-0.4, -0.2) is 9.65 Å². The fourth-order valence-corrected chi connectivity index (χ4v) is 1.23. The molecule has 0 unspecified atom stereocenters. The van der Waals surface area contributed by atoms with E-state index in [0.29, 0.717) is 9.65 Å². The van der Waals surface area contributed by atoms with Gasteiger partial charge in [0.25, 0.3) is 0 Å². The van der Waals surface area contributed by atoms with Gasteiger partial charge in [-0.25, -0.2) is 0 Å². The topological polar surface area (TPSA) is 0 Å². The highest BCUT2D eigenvalue weighted by molar-refractivity contribution is 9.12. The fourth-order valence-electron chi connectivity index (χ4n) is 0.505. The summed E-state index contributed by atoms with van der Waals surface area (Å²) < 4.78 is 0. The van der Waals surface area contributed by atoms with Crippen LogP contribution in [0.5, 0.6) is 0 Å². The van der Waals surface area contributed by atoms with Gasteiger partial charge in [-0.1, -0.05) is 52.1 Å². The second kappa shape index (κ2) is 4.80. The van der Waals surface area contributed by atoms with Crippen LogP contribution in [0.4, 0.5) is 0 Å². The Morgan fingerprint density at radius 1 is 1.38 bits per heavy atom. The summed E-state index contributed by atoms with van der Waals surface area (Å²) in [6.07, 6.45) is 2.51. The average Bonchev–Trinajstić information content (AvgIpc) is 1.67. The third-order valence-electron chi connectivity index (χ3n) is 1.06. The molecule has 0 amide bonds. The molecule has 0 bridgehead atoms. The first-order valence-corrected chi connectivity index (χ1v) is 4.79. The Bertz CT molecular complexity index is 52.5. The Morgan fingerprint density at radius 3 is 2.00 bits per heavy atom. The summed E-state index contributed by atoms with van der Waals surface area (Å²) in [4.78, 5) is 1.25. The first-order chi connectivity index (χ1) is 3.68. The minimum atomic E-state index is 0.599. The number of alkyl halides is 2. The molecular formula is C6H12Br2. The molecule has 0 aliphatic heterocycles. The Balaban J connectivity index is 3.17. The van der Waals surface area contributed by atoms with E-state index >= 15 is 0 Å². The van der Waals surface area contributed by atoms with Gasteiger partial charge < -0.3 is 0 Å². The molecule has 0 aromatic carbocycles.